The highest BCUT2D eigenvalue weighted by atomic mass is 19.1. The largest absolute Gasteiger partial charge is 0.457 e. The van der Waals surface area contributed by atoms with Crippen LogP contribution < -0.4 is 15.8 Å². The monoisotopic (exact) mass is 393 g/mol. The summed E-state index contributed by atoms with van der Waals surface area (Å²) >= 11 is 0. The summed E-state index contributed by atoms with van der Waals surface area (Å²) in [5.41, 5.74) is 7.16. The Morgan fingerprint density at radius 1 is 1.10 bits per heavy atom. The fourth-order valence-electron chi connectivity index (χ4n) is 2.72. The zero-order valence-corrected chi connectivity index (χ0v) is 15.8. The average molecular weight is 393 g/mol. The molecule has 0 bridgehead atoms. The first-order valence-corrected chi connectivity index (χ1v) is 8.99. The van der Waals surface area contributed by atoms with E-state index in [2.05, 4.69) is 10.3 Å². The molecule has 7 heteroatoms. The van der Waals surface area contributed by atoms with Crippen molar-refractivity contribution in [3.8, 4) is 11.5 Å². The molecule has 6 nitrogen and oxygen atoms in total. The standard InChI is InChI=1S/C22H20FN3O3/c1-14-11-16(5-6-19(14)23)22(28)26-9-7-15-3-2-4-17(12-15)29-18-8-10-25-20(13-18)21(24)27/h2-6,8,10-13H,7,9H2,1H3,(H2,24,27)(H,26,28). The zero-order chi connectivity index (χ0) is 20.8. The van der Waals surface area contributed by atoms with Gasteiger partial charge in [-0.05, 0) is 60.9 Å². The van der Waals surface area contributed by atoms with Gasteiger partial charge in [0.1, 0.15) is 23.0 Å². The third kappa shape index (κ3) is 5.38. The summed E-state index contributed by atoms with van der Waals surface area (Å²) in [4.78, 5) is 27.3. The van der Waals surface area contributed by atoms with E-state index in [0.29, 0.717) is 35.6 Å². The Bertz CT molecular complexity index is 1050. The van der Waals surface area contributed by atoms with Crippen LogP contribution in [0, 0.1) is 12.7 Å². The lowest BCUT2D eigenvalue weighted by Gasteiger charge is -2.09. The molecule has 0 saturated carbocycles. The van der Waals surface area contributed by atoms with Crippen LogP contribution in [0.5, 0.6) is 11.5 Å². The van der Waals surface area contributed by atoms with Crippen LogP contribution in [0.4, 0.5) is 4.39 Å². The maximum atomic E-state index is 13.3. The zero-order valence-electron chi connectivity index (χ0n) is 15.8. The van der Waals surface area contributed by atoms with E-state index in [0.717, 1.165) is 5.56 Å². The lowest BCUT2D eigenvalue weighted by Crippen LogP contribution is -2.25. The van der Waals surface area contributed by atoms with Gasteiger partial charge in [-0.25, -0.2) is 4.39 Å². The SMILES string of the molecule is Cc1cc(C(=O)NCCc2cccc(Oc3ccnc(C(N)=O)c3)c2)ccc1F. The van der Waals surface area contributed by atoms with E-state index in [1.807, 2.05) is 18.2 Å². The number of aryl methyl sites for hydroxylation is 1. The Labute approximate surface area is 167 Å². The van der Waals surface area contributed by atoms with Crippen molar-refractivity contribution in [1.29, 1.82) is 0 Å². The number of benzene rings is 2. The number of pyridine rings is 1. The van der Waals surface area contributed by atoms with Crippen LogP contribution in [-0.4, -0.2) is 23.3 Å². The number of amides is 2. The van der Waals surface area contributed by atoms with Crippen LogP contribution in [0.3, 0.4) is 0 Å². The Morgan fingerprint density at radius 3 is 2.66 bits per heavy atom. The topological polar surface area (TPSA) is 94.3 Å². The summed E-state index contributed by atoms with van der Waals surface area (Å²) < 4.78 is 19.1. The maximum absolute atomic E-state index is 13.3. The van der Waals surface area contributed by atoms with E-state index in [1.54, 1.807) is 19.1 Å². The van der Waals surface area contributed by atoms with Crippen LogP contribution in [-0.2, 0) is 6.42 Å². The number of aromatic nitrogens is 1. The van der Waals surface area contributed by atoms with Gasteiger partial charge in [0.2, 0.25) is 0 Å². The Morgan fingerprint density at radius 2 is 1.90 bits per heavy atom. The molecule has 3 aromatic rings. The molecule has 1 heterocycles. The van der Waals surface area contributed by atoms with Crippen molar-refractivity contribution in [2.45, 2.75) is 13.3 Å². The third-order valence-corrected chi connectivity index (χ3v) is 4.24. The molecule has 0 aliphatic rings. The Balaban J connectivity index is 1.58. The van der Waals surface area contributed by atoms with Gasteiger partial charge in [0.05, 0.1) is 0 Å². The lowest BCUT2D eigenvalue weighted by atomic mass is 10.1. The fourth-order valence-corrected chi connectivity index (χ4v) is 2.72. The van der Waals surface area contributed by atoms with Crippen LogP contribution in [0.25, 0.3) is 0 Å². The van der Waals surface area contributed by atoms with Gasteiger partial charge < -0.3 is 15.8 Å². The Hall–Kier alpha value is -3.74. The molecule has 2 aromatic carbocycles. The average Bonchev–Trinajstić information content (AvgIpc) is 2.70. The third-order valence-electron chi connectivity index (χ3n) is 4.24. The summed E-state index contributed by atoms with van der Waals surface area (Å²) in [6.07, 6.45) is 2.04. The van der Waals surface area contributed by atoms with E-state index in [9.17, 15) is 14.0 Å². The molecule has 0 spiro atoms. The number of nitrogens with two attached hydrogens (primary N) is 1. The number of halogens is 1. The maximum Gasteiger partial charge on any atom is 0.267 e. The van der Waals surface area contributed by atoms with Crippen molar-refractivity contribution in [3.05, 3.63) is 89.0 Å². The van der Waals surface area contributed by atoms with Crippen molar-refractivity contribution in [2.24, 2.45) is 5.73 Å². The molecular weight excluding hydrogens is 373 g/mol. The quantitative estimate of drug-likeness (QED) is 0.643. The fraction of sp³-hybridized carbons (Fsp3) is 0.136. The predicted octanol–water partition coefficient (Wildman–Crippen LogP) is 3.39. The molecule has 0 fully saturated rings. The van der Waals surface area contributed by atoms with Crippen molar-refractivity contribution < 1.29 is 18.7 Å². The van der Waals surface area contributed by atoms with E-state index in [-0.39, 0.29) is 17.4 Å². The number of nitrogens with zero attached hydrogens (tertiary/aromatic N) is 1. The van der Waals surface area contributed by atoms with E-state index in [4.69, 9.17) is 10.5 Å². The molecule has 148 valence electrons. The van der Waals surface area contributed by atoms with Crippen LogP contribution in [0.2, 0.25) is 0 Å². The number of hydrogen-bond donors (Lipinski definition) is 2. The number of rotatable bonds is 7. The number of ether oxygens (including phenoxy) is 1. The molecule has 3 N–H and O–H groups in total. The molecule has 0 radical (unpaired) electrons. The van der Waals surface area contributed by atoms with Crippen LogP contribution in [0.15, 0.2) is 60.8 Å². The summed E-state index contributed by atoms with van der Waals surface area (Å²) in [5, 5.41) is 2.82. The number of carbonyl (C=O) groups excluding carboxylic acids is 2. The van der Waals surface area contributed by atoms with Gasteiger partial charge in [-0.3, -0.25) is 14.6 Å². The second-order valence-corrected chi connectivity index (χ2v) is 6.46. The van der Waals surface area contributed by atoms with Crippen LogP contribution >= 0.6 is 0 Å². The summed E-state index contributed by atoms with van der Waals surface area (Å²) in [7, 11) is 0. The van der Waals surface area contributed by atoms with Gasteiger partial charge in [0.25, 0.3) is 11.8 Å². The highest BCUT2D eigenvalue weighted by Crippen LogP contribution is 2.22. The molecule has 2 amide bonds. The molecule has 0 unspecified atom stereocenters. The summed E-state index contributed by atoms with van der Waals surface area (Å²) in [6, 6.07) is 14.8. The molecule has 0 aliphatic heterocycles. The van der Waals surface area contributed by atoms with Gasteiger partial charge in [0, 0.05) is 24.4 Å². The lowest BCUT2D eigenvalue weighted by molar-refractivity contribution is 0.0952. The molecule has 1 aromatic heterocycles. The van der Waals surface area contributed by atoms with Crippen molar-refractivity contribution >= 4 is 11.8 Å². The predicted molar refractivity (Wildman–Crippen MR) is 106 cm³/mol. The molecule has 29 heavy (non-hydrogen) atoms. The second-order valence-electron chi connectivity index (χ2n) is 6.46. The molecular formula is C22H20FN3O3. The first kappa shape index (κ1) is 20.0. The molecule has 0 saturated heterocycles. The van der Waals surface area contributed by atoms with E-state index >= 15 is 0 Å². The summed E-state index contributed by atoms with van der Waals surface area (Å²) in [5.74, 6) is -0.182. The highest BCUT2D eigenvalue weighted by Gasteiger charge is 2.08. The van der Waals surface area contributed by atoms with Gasteiger partial charge in [-0.1, -0.05) is 12.1 Å². The summed E-state index contributed by atoms with van der Waals surface area (Å²) in [6.45, 7) is 2.03. The van der Waals surface area contributed by atoms with Crippen molar-refractivity contribution in [2.75, 3.05) is 6.54 Å². The molecule has 0 aliphatic carbocycles. The first-order chi connectivity index (χ1) is 13.9. The minimum Gasteiger partial charge on any atom is -0.457 e. The van der Waals surface area contributed by atoms with Crippen LogP contribution in [0.1, 0.15) is 32.0 Å². The Kier molecular flexibility index (Phi) is 6.19. The number of hydrogen-bond acceptors (Lipinski definition) is 4. The van der Waals surface area contributed by atoms with Gasteiger partial charge >= 0.3 is 0 Å². The minimum absolute atomic E-state index is 0.123. The van der Waals surface area contributed by atoms with E-state index in [1.165, 1.54) is 30.5 Å². The highest BCUT2D eigenvalue weighted by molar-refractivity contribution is 5.94. The first-order valence-electron chi connectivity index (χ1n) is 8.99. The number of primary amides is 1. The second kappa shape index (κ2) is 8.97. The minimum atomic E-state index is -0.628. The number of carbonyl (C=O) groups is 2. The number of nitrogens with one attached hydrogen (secondary N) is 1. The molecule has 0 atom stereocenters. The van der Waals surface area contributed by atoms with Crippen molar-refractivity contribution in [3.63, 3.8) is 0 Å². The van der Waals surface area contributed by atoms with Crippen molar-refractivity contribution in [1.82, 2.24) is 10.3 Å². The van der Waals surface area contributed by atoms with Gasteiger partial charge in [-0.2, -0.15) is 0 Å². The van der Waals surface area contributed by atoms with E-state index < -0.39 is 5.91 Å². The smallest absolute Gasteiger partial charge is 0.267 e. The van der Waals surface area contributed by atoms with Gasteiger partial charge in [-0.15, -0.1) is 0 Å². The molecule has 3 rings (SSSR count). The van der Waals surface area contributed by atoms with Gasteiger partial charge in [0.15, 0.2) is 0 Å². The normalized spacial score (nSPS) is 10.4.